The Bertz CT molecular complexity index is 942. The lowest BCUT2D eigenvalue weighted by molar-refractivity contribution is 0.269. The van der Waals surface area contributed by atoms with E-state index in [2.05, 4.69) is 36.5 Å². The molecule has 0 fully saturated rings. The molecule has 0 aliphatic heterocycles. The van der Waals surface area contributed by atoms with Crippen LogP contribution in [0.25, 0.3) is 0 Å². The normalized spacial score (nSPS) is 10.8. The summed E-state index contributed by atoms with van der Waals surface area (Å²) in [6.07, 6.45) is 0. The van der Waals surface area contributed by atoms with E-state index >= 15 is 0 Å². The zero-order valence-electron chi connectivity index (χ0n) is 16.7. The molecule has 0 heterocycles. The first-order chi connectivity index (χ1) is 14.0. The van der Waals surface area contributed by atoms with Crippen LogP contribution in [0.1, 0.15) is 29.2 Å². The lowest BCUT2D eigenvalue weighted by Gasteiger charge is -2.14. The summed E-state index contributed by atoms with van der Waals surface area (Å²) in [4.78, 5) is 0. The Morgan fingerprint density at radius 3 is 2.24 bits per heavy atom. The van der Waals surface area contributed by atoms with Gasteiger partial charge in [-0.1, -0.05) is 65.2 Å². The second-order valence-corrected chi connectivity index (χ2v) is 7.67. The van der Waals surface area contributed by atoms with Crippen LogP contribution in [0.4, 0.5) is 0 Å². The van der Waals surface area contributed by atoms with Crippen molar-refractivity contribution in [2.75, 3.05) is 6.61 Å². The van der Waals surface area contributed by atoms with Gasteiger partial charge in [-0.2, -0.15) is 0 Å². The molecule has 0 unspecified atom stereocenters. The monoisotopic (exact) mass is 429 g/mol. The molecule has 0 bridgehead atoms. The third-order valence-corrected chi connectivity index (χ3v) is 5.07. The third-order valence-electron chi connectivity index (χ3n) is 4.49. The van der Waals surface area contributed by atoms with Crippen molar-refractivity contribution in [2.45, 2.75) is 33.5 Å². The summed E-state index contributed by atoms with van der Waals surface area (Å²) in [5, 5.41) is 4.67. The molecule has 0 atom stereocenters. The molecule has 0 saturated carbocycles. The Morgan fingerprint density at radius 1 is 0.793 bits per heavy atom. The summed E-state index contributed by atoms with van der Waals surface area (Å²) in [5.41, 5.74) is 4.55. The van der Waals surface area contributed by atoms with Gasteiger partial charge in [0.25, 0.3) is 0 Å². The van der Waals surface area contributed by atoms with Crippen LogP contribution in [-0.4, -0.2) is 6.61 Å². The largest absolute Gasteiger partial charge is 0.490 e. The molecule has 3 nitrogen and oxygen atoms in total. The highest BCUT2D eigenvalue weighted by Gasteiger charge is 2.09. The average molecular weight is 430 g/mol. The Balaban J connectivity index is 1.62. The molecule has 0 aliphatic carbocycles. The zero-order chi connectivity index (χ0) is 20.6. The van der Waals surface area contributed by atoms with Crippen LogP contribution < -0.4 is 14.8 Å². The van der Waals surface area contributed by atoms with Crippen molar-refractivity contribution in [3.05, 3.63) is 93.0 Å². The van der Waals surface area contributed by atoms with E-state index in [9.17, 15) is 0 Å². The summed E-state index contributed by atoms with van der Waals surface area (Å²) in [6.45, 7) is 6.54. The molecule has 0 saturated heterocycles. The fourth-order valence-electron chi connectivity index (χ4n) is 2.90. The first-order valence-electron chi connectivity index (χ1n) is 9.64. The minimum absolute atomic E-state index is 0.348. The Hall–Kier alpha value is -2.20. The van der Waals surface area contributed by atoms with Crippen LogP contribution in [0.15, 0.2) is 60.7 Å². The van der Waals surface area contributed by atoms with Crippen molar-refractivity contribution < 1.29 is 9.47 Å². The van der Waals surface area contributed by atoms with E-state index in [1.807, 2.05) is 31.2 Å². The van der Waals surface area contributed by atoms with Gasteiger partial charge in [0.2, 0.25) is 0 Å². The summed E-state index contributed by atoms with van der Waals surface area (Å²) < 4.78 is 11.7. The Labute approximate surface area is 182 Å². The van der Waals surface area contributed by atoms with E-state index in [1.165, 1.54) is 11.1 Å². The molecule has 0 radical (unpaired) electrons. The molecule has 0 amide bonds. The highest BCUT2D eigenvalue weighted by atomic mass is 35.5. The van der Waals surface area contributed by atoms with Crippen LogP contribution in [0.5, 0.6) is 11.5 Å². The number of ether oxygens (including phenoxy) is 2. The maximum absolute atomic E-state index is 6.23. The van der Waals surface area contributed by atoms with Gasteiger partial charge in [-0.25, -0.2) is 0 Å². The minimum atomic E-state index is 0.348. The number of halogens is 2. The van der Waals surface area contributed by atoms with Crippen LogP contribution >= 0.6 is 23.2 Å². The molecule has 0 spiro atoms. The number of hydrogen-bond acceptors (Lipinski definition) is 3. The van der Waals surface area contributed by atoms with Gasteiger partial charge >= 0.3 is 0 Å². The molecule has 5 heteroatoms. The highest BCUT2D eigenvalue weighted by Crippen LogP contribution is 2.30. The quantitative estimate of drug-likeness (QED) is 0.417. The highest BCUT2D eigenvalue weighted by molar-refractivity contribution is 6.35. The van der Waals surface area contributed by atoms with Gasteiger partial charge in [0.05, 0.1) is 6.61 Å². The predicted octanol–water partition coefficient (Wildman–Crippen LogP) is 6.57. The molecular formula is C24H25Cl2NO2. The number of aryl methyl sites for hydroxylation is 1. The van der Waals surface area contributed by atoms with Gasteiger partial charge in [0, 0.05) is 28.7 Å². The number of hydrogen-bond donors (Lipinski definition) is 1. The van der Waals surface area contributed by atoms with Crippen molar-refractivity contribution in [1.29, 1.82) is 0 Å². The molecule has 0 aromatic heterocycles. The second-order valence-electron chi connectivity index (χ2n) is 6.83. The molecule has 29 heavy (non-hydrogen) atoms. The van der Waals surface area contributed by atoms with E-state index in [-0.39, 0.29) is 0 Å². The zero-order valence-corrected chi connectivity index (χ0v) is 18.2. The lowest BCUT2D eigenvalue weighted by atomic mass is 10.1. The second kappa shape index (κ2) is 10.5. The maximum Gasteiger partial charge on any atom is 0.161 e. The Kier molecular flexibility index (Phi) is 7.82. The van der Waals surface area contributed by atoms with E-state index in [4.69, 9.17) is 32.7 Å². The van der Waals surface area contributed by atoms with Crippen molar-refractivity contribution >= 4 is 23.2 Å². The standard InChI is InChI=1S/C24H25Cl2NO2/c1-3-28-24-12-19(15-27-14-18-6-4-17(2)5-7-18)8-11-23(24)29-16-20-9-10-21(25)13-22(20)26/h4-13,27H,3,14-16H2,1-2H3. The lowest BCUT2D eigenvalue weighted by Crippen LogP contribution is -2.13. The molecule has 0 aliphatic rings. The van der Waals surface area contributed by atoms with Gasteiger partial charge < -0.3 is 14.8 Å². The molecule has 3 aromatic rings. The maximum atomic E-state index is 6.23. The predicted molar refractivity (Wildman–Crippen MR) is 120 cm³/mol. The van der Waals surface area contributed by atoms with Crippen LogP contribution in [0, 0.1) is 6.92 Å². The van der Waals surface area contributed by atoms with Crippen molar-refractivity contribution in [1.82, 2.24) is 5.32 Å². The van der Waals surface area contributed by atoms with Gasteiger partial charge in [-0.15, -0.1) is 0 Å². The van der Waals surface area contributed by atoms with E-state index in [0.717, 1.165) is 30.0 Å². The van der Waals surface area contributed by atoms with Crippen LogP contribution in [-0.2, 0) is 19.7 Å². The minimum Gasteiger partial charge on any atom is -0.490 e. The summed E-state index contributed by atoms with van der Waals surface area (Å²) >= 11 is 12.2. The average Bonchev–Trinajstić information content (AvgIpc) is 2.70. The molecule has 3 rings (SSSR count). The van der Waals surface area contributed by atoms with Gasteiger partial charge in [0.1, 0.15) is 6.61 Å². The smallest absolute Gasteiger partial charge is 0.161 e. The number of rotatable bonds is 9. The van der Waals surface area contributed by atoms with Crippen molar-refractivity contribution in [3.8, 4) is 11.5 Å². The molecule has 1 N–H and O–H groups in total. The van der Waals surface area contributed by atoms with Crippen molar-refractivity contribution in [3.63, 3.8) is 0 Å². The SMILES string of the molecule is CCOc1cc(CNCc2ccc(C)cc2)ccc1OCc1ccc(Cl)cc1Cl. The van der Waals surface area contributed by atoms with Crippen LogP contribution in [0.2, 0.25) is 10.0 Å². The fourth-order valence-corrected chi connectivity index (χ4v) is 3.36. The summed E-state index contributed by atoms with van der Waals surface area (Å²) in [5.74, 6) is 1.42. The van der Waals surface area contributed by atoms with Gasteiger partial charge in [-0.3, -0.25) is 0 Å². The number of nitrogens with one attached hydrogen (secondary N) is 1. The van der Waals surface area contributed by atoms with Gasteiger partial charge in [0.15, 0.2) is 11.5 Å². The van der Waals surface area contributed by atoms with E-state index in [0.29, 0.717) is 29.0 Å². The third kappa shape index (κ3) is 6.40. The topological polar surface area (TPSA) is 30.5 Å². The van der Waals surface area contributed by atoms with Crippen LogP contribution in [0.3, 0.4) is 0 Å². The number of benzene rings is 3. The molecule has 3 aromatic carbocycles. The first-order valence-corrected chi connectivity index (χ1v) is 10.4. The summed E-state index contributed by atoms with van der Waals surface area (Å²) in [7, 11) is 0. The van der Waals surface area contributed by atoms with Crippen molar-refractivity contribution in [2.24, 2.45) is 0 Å². The first kappa shape index (κ1) is 21.5. The van der Waals surface area contributed by atoms with Gasteiger partial charge in [-0.05, 0) is 49.2 Å². The summed E-state index contributed by atoms with van der Waals surface area (Å²) in [6, 6.07) is 19.9. The fraction of sp³-hybridized carbons (Fsp3) is 0.250. The molecular weight excluding hydrogens is 405 g/mol. The van der Waals surface area contributed by atoms with E-state index < -0.39 is 0 Å². The molecule has 152 valence electrons. The van der Waals surface area contributed by atoms with E-state index in [1.54, 1.807) is 12.1 Å². The Morgan fingerprint density at radius 2 is 1.52 bits per heavy atom.